The van der Waals surface area contributed by atoms with Crippen LogP contribution in [0.2, 0.25) is 0 Å². The molecule has 3 heterocycles. The van der Waals surface area contributed by atoms with Gasteiger partial charge in [-0.05, 0) is 63.9 Å². The van der Waals surface area contributed by atoms with E-state index in [1.807, 2.05) is 6.20 Å². The van der Waals surface area contributed by atoms with Gasteiger partial charge in [0.1, 0.15) is 0 Å². The lowest BCUT2D eigenvalue weighted by Gasteiger charge is -2.21. The van der Waals surface area contributed by atoms with Crippen LogP contribution in [-0.2, 0) is 6.42 Å². The molecule has 4 aromatic carbocycles. The molecule has 0 spiro atoms. The third kappa shape index (κ3) is 2.32. The second-order valence-electron chi connectivity index (χ2n) is 10.3. The molecule has 0 fully saturated rings. The number of pyridine rings is 2. The van der Waals surface area contributed by atoms with Gasteiger partial charge in [0.2, 0.25) is 0 Å². The van der Waals surface area contributed by atoms with Gasteiger partial charge in [0.05, 0.1) is 22.1 Å². The zero-order valence-electron chi connectivity index (χ0n) is 18.6. The highest BCUT2D eigenvalue weighted by molar-refractivity contribution is 6.29. The molecule has 0 aliphatic carbocycles. The second kappa shape index (κ2) is 5.98. The Morgan fingerprint density at radius 3 is 2.28 bits per heavy atom. The van der Waals surface area contributed by atoms with Gasteiger partial charge in [0.25, 0.3) is 0 Å². The minimum Gasteiger partial charge on any atom is -0.308 e. The van der Waals surface area contributed by atoms with Gasteiger partial charge in [-0.25, -0.2) is 0 Å². The molecule has 7 aromatic rings. The van der Waals surface area contributed by atoms with E-state index in [9.17, 15) is 0 Å². The minimum absolute atomic E-state index is 0.209. The number of rotatable bonds is 1. The van der Waals surface area contributed by atoms with Crippen molar-refractivity contribution in [2.75, 3.05) is 0 Å². The molecule has 7 rings (SSSR count). The predicted octanol–water partition coefficient (Wildman–Crippen LogP) is 8.13. The van der Waals surface area contributed by atoms with Gasteiger partial charge >= 0.3 is 0 Å². The number of aromatic nitrogens is 2. The molecule has 0 unspecified atom stereocenters. The summed E-state index contributed by atoms with van der Waals surface area (Å²) in [6, 6.07) is 26.8. The Labute approximate surface area is 186 Å². The van der Waals surface area contributed by atoms with E-state index in [-0.39, 0.29) is 5.41 Å². The predicted molar refractivity (Wildman–Crippen MR) is 137 cm³/mol. The first-order chi connectivity index (χ1) is 15.5. The normalized spacial score (nSPS) is 13.0. The summed E-state index contributed by atoms with van der Waals surface area (Å²) in [4.78, 5) is 4.96. The van der Waals surface area contributed by atoms with Crippen molar-refractivity contribution in [1.29, 1.82) is 0 Å². The number of hydrogen-bond donors (Lipinski definition) is 0. The molecule has 2 nitrogen and oxygen atoms in total. The molecule has 0 saturated carbocycles. The van der Waals surface area contributed by atoms with Crippen LogP contribution in [0.25, 0.3) is 59.8 Å². The Kier molecular flexibility index (Phi) is 3.36. The quantitative estimate of drug-likeness (QED) is 0.196. The summed E-state index contributed by atoms with van der Waals surface area (Å²) >= 11 is 0. The van der Waals surface area contributed by atoms with Crippen molar-refractivity contribution < 1.29 is 0 Å². The first-order valence-electron chi connectivity index (χ1n) is 11.4. The lowest BCUT2D eigenvalue weighted by atomic mass is 9.85. The van der Waals surface area contributed by atoms with Crippen LogP contribution in [0.5, 0.6) is 0 Å². The zero-order chi connectivity index (χ0) is 21.6. The zero-order valence-corrected chi connectivity index (χ0v) is 18.6. The maximum Gasteiger partial charge on any atom is 0.0823 e. The highest BCUT2D eigenvalue weighted by Crippen LogP contribution is 2.43. The molecule has 3 aromatic heterocycles. The Hall–Kier alpha value is -3.65. The van der Waals surface area contributed by atoms with Crippen molar-refractivity contribution in [3.8, 4) is 0 Å². The second-order valence-corrected chi connectivity index (χ2v) is 10.3. The van der Waals surface area contributed by atoms with Crippen LogP contribution in [0.1, 0.15) is 26.3 Å². The van der Waals surface area contributed by atoms with E-state index in [1.54, 1.807) is 0 Å². The highest BCUT2D eigenvalue weighted by atomic mass is 14.9. The van der Waals surface area contributed by atoms with Crippen LogP contribution in [0.15, 0.2) is 79.0 Å². The number of para-hydroxylation sites is 1. The van der Waals surface area contributed by atoms with Crippen LogP contribution < -0.4 is 0 Å². The third-order valence-electron chi connectivity index (χ3n) is 6.85. The summed E-state index contributed by atoms with van der Waals surface area (Å²) in [5.74, 6) is 0. The molecule has 32 heavy (non-hydrogen) atoms. The largest absolute Gasteiger partial charge is 0.308 e. The topological polar surface area (TPSA) is 17.3 Å². The molecule has 0 bridgehead atoms. The van der Waals surface area contributed by atoms with Crippen LogP contribution >= 0.6 is 0 Å². The van der Waals surface area contributed by atoms with Gasteiger partial charge < -0.3 is 4.40 Å². The summed E-state index contributed by atoms with van der Waals surface area (Å²) in [7, 11) is 0. The molecule has 0 N–H and O–H groups in total. The van der Waals surface area contributed by atoms with Crippen molar-refractivity contribution in [2.45, 2.75) is 27.2 Å². The van der Waals surface area contributed by atoms with Gasteiger partial charge in [0, 0.05) is 27.7 Å². The maximum absolute atomic E-state index is 4.96. The van der Waals surface area contributed by atoms with E-state index in [0.717, 1.165) is 11.9 Å². The number of hydrogen-bond acceptors (Lipinski definition) is 1. The molecule has 154 valence electrons. The average Bonchev–Trinajstić information content (AvgIpc) is 3.12. The molecule has 0 radical (unpaired) electrons. The van der Waals surface area contributed by atoms with E-state index in [1.165, 1.54) is 59.8 Å². The molecule has 0 amide bonds. The summed E-state index contributed by atoms with van der Waals surface area (Å²) in [5, 5.41) is 9.01. The van der Waals surface area contributed by atoms with Crippen LogP contribution in [0, 0.1) is 5.41 Å². The van der Waals surface area contributed by atoms with Crippen molar-refractivity contribution in [1.82, 2.24) is 9.38 Å². The molecule has 0 aliphatic rings. The van der Waals surface area contributed by atoms with Crippen molar-refractivity contribution in [2.24, 2.45) is 5.41 Å². The number of nitrogens with zero attached hydrogens (tertiary/aromatic N) is 2. The van der Waals surface area contributed by atoms with E-state index in [0.29, 0.717) is 0 Å². The number of fused-ring (bicyclic) bond motifs is 7. The van der Waals surface area contributed by atoms with Gasteiger partial charge in [-0.3, -0.25) is 4.98 Å². The first-order valence-corrected chi connectivity index (χ1v) is 11.4. The minimum atomic E-state index is 0.209. The van der Waals surface area contributed by atoms with E-state index in [2.05, 4.69) is 98.0 Å². The Morgan fingerprint density at radius 1 is 0.719 bits per heavy atom. The monoisotopic (exact) mass is 412 g/mol. The van der Waals surface area contributed by atoms with E-state index >= 15 is 0 Å². The van der Waals surface area contributed by atoms with Gasteiger partial charge in [0.15, 0.2) is 0 Å². The maximum atomic E-state index is 4.96. The summed E-state index contributed by atoms with van der Waals surface area (Å²) in [5.41, 5.74) is 6.52. The first kappa shape index (κ1) is 18.0. The number of benzene rings is 4. The molecular weight excluding hydrogens is 388 g/mol. The molecule has 2 heteroatoms. The molecular formula is C30H24N2. The molecule has 0 aliphatic heterocycles. The third-order valence-corrected chi connectivity index (χ3v) is 6.85. The van der Waals surface area contributed by atoms with Crippen molar-refractivity contribution >= 4 is 59.8 Å². The van der Waals surface area contributed by atoms with Gasteiger partial charge in [-0.1, -0.05) is 63.2 Å². The van der Waals surface area contributed by atoms with Crippen LogP contribution in [0.3, 0.4) is 0 Å². The average molecular weight is 413 g/mol. The lowest BCUT2D eigenvalue weighted by Crippen LogP contribution is -2.09. The SMILES string of the molecule is CC(C)(C)Cc1cc2c3ccccc3n3c4cc5ccccc5cc4c4nccc1c4c23. The Morgan fingerprint density at radius 2 is 1.47 bits per heavy atom. The van der Waals surface area contributed by atoms with Crippen LogP contribution in [-0.4, -0.2) is 9.38 Å². The van der Waals surface area contributed by atoms with Crippen LogP contribution in [0.4, 0.5) is 0 Å². The van der Waals surface area contributed by atoms with E-state index in [4.69, 9.17) is 4.98 Å². The van der Waals surface area contributed by atoms with Gasteiger partial charge in [-0.15, -0.1) is 0 Å². The standard InChI is InChI=1S/C30H24N2/c1-30(2,3)17-20-15-23-22-10-6-7-11-25(22)32-26-16-19-9-5-4-8-18(19)14-24(26)28-27(29(23)32)21(20)12-13-31-28/h4-16H,17H2,1-3H3. The van der Waals surface area contributed by atoms with Gasteiger partial charge in [-0.2, -0.15) is 0 Å². The van der Waals surface area contributed by atoms with Crippen molar-refractivity contribution in [3.63, 3.8) is 0 Å². The Balaban J connectivity index is 1.83. The molecule has 0 atom stereocenters. The summed E-state index contributed by atoms with van der Waals surface area (Å²) < 4.78 is 2.48. The Bertz CT molecular complexity index is 1830. The van der Waals surface area contributed by atoms with Crippen molar-refractivity contribution in [3.05, 3.63) is 84.6 Å². The summed E-state index contributed by atoms with van der Waals surface area (Å²) in [6.07, 6.45) is 3.03. The van der Waals surface area contributed by atoms with E-state index < -0.39 is 0 Å². The fourth-order valence-corrected chi connectivity index (χ4v) is 5.65. The fourth-order valence-electron chi connectivity index (χ4n) is 5.65. The fraction of sp³-hybridized carbons (Fsp3) is 0.167. The molecule has 0 saturated heterocycles. The smallest absolute Gasteiger partial charge is 0.0823 e. The lowest BCUT2D eigenvalue weighted by molar-refractivity contribution is 0.413. The highest BCUT2D eigenvalue weighted by Gasteiger charge is 2.22. The summed E-state index contributed by atoms with van der Waals surface area (Å²) in [6.45, 7) is 6.96.